The molecule has 0 aromatic heterocycles. The molecule has 0 atom stereocenters. The molecule has 0 saturated carbocycles. The number of fused-ring (bicyclic) bond motifs is 2. The first-order valence-corrected chi connectivity index (χ1v) is 29.5. The Morgan fingerprint density at radius 1 is 0.463 bits per heavy atom. The van der Waals surface area contributed by atoms with Crippen LogP contribution in [0.2, 0.25) is 51.4 Å². The van der Waals surface area contributed by atoms with Gasteiger partial charge in [-0.3, -0.25) is 0 Å². The van der Waals surface area contributed by atoms with E-state index in [9.17, 15) is 0 Å². The summed E-state index contributed by atoms with van der Waals surface area (Å²) in [6.07, 6.45) is 10.6. The Morgan fingerprint density at radius 3 is 1.17 bits per heavy atom. The molecule has 0 saturated heterocycles. The fourth-order valence-electron chi connectivity index (χ4n) is 8.40. The van der Waals surface area contributed by atoms with Crippen molar-refractivity contribution < 1.29 is 25.8 Å². The second kappa shape index (κ2) is 19.7. The number of hydrogen-bond donors (Lipinski definition) is 0. The molecule has 0 aliphatic carbocycles. The van der Waals surface area contributed by atoms with Gasteiger partial charge in [-0.15, -0.1) is 68.3 Å². The first-order chi connectivity index (χ1) is 24.4. The molecule has 0 heterocycles. The van der Waals surface area contributed by atoms with Crippen LogP contribution in [-0.2, 0) is 25.8 Å². The molecule has 0 nitrogen and oxygen atoms in total. The standard InChI is InChI=1S/C48H62Si3.2CH3.Hf/c1-9-11-13-15-31-51(32-16-14-12-10-2,43-33-39-19-17-21-45(47(39)35-43)37-23-27-41(28-24-37)49(3,4)5)44-34-40-20-18-22-46(48(40)36-44)38-25-29-42(30-26-38)50(6,7)8;;;/h17-30,33-36H,9-16,31-32H2,1-8H3;2*1H3;/q-2;2*-1;+4. The molecule has 54 heavy (non-hydrogen) atoms. The maximum absolute atomic E-state index is 2.66. The summed E-state index contributed by atoms with van der Waals surface area (Å²) in [5.41, 5.74) is 5.47. The Hall–Kier alpha value is -2.38. The van der Waals surface area contributed by atoms with Gasteiger partial charge in [0.25, 0.3) is 0 Å². The molecule has 0 radical (unpaired) electrons. The number of rotatable bonds is 16. The van der Waals surface area contributed by atoms with Crippen molar-refractivity contribution in [2.75, 3.05) is 0 Å². The van der Waals surface area contributed by atoms with Gasteiger partial charge >= 0.3 is 25.8 Å². The van der Waals surface area contributed by atoms with Crippen molar-refractivity contribution >= 4 is 66.5 Å². The van der Waals surface area contributed by atoms with Crippen LogP contribution in [0, 0.1) is 14.9 Å². The van der Waals surface area contributed by atoms with Crippen LogP contribution in [0.3, 0.4) is 0 Å². The largest absolute Gasteiger partial charge is 4.00 e. The summed E-state index contributed by atoms with van der Waals surface area (Å²) in [5.74, 6) is 0. The van der Waals surface area contributed by atoms with Crippen molar-refractivity contribution in [3.63, 3.8) is 0 Å². The van der Waals surface area contributed by atoms with Crippen LogP contribution in [0.4, 0.5) is 0 Å². The fourth-order valence-corrected chi connectivity index (χ4v) is 15.9. The van der Waals surface area contributed by atoms with Crippen LogP contribution >= 0.6 is 0 Å². The van der Waals surface area contributed by atoms with Gasteiger partial charge in [0.2, 0.25) is 0 Å². The van der Waals surface area contributed by atoms with E-state index in [0.717, 1.165) is 0 Å². The Labute approximate surface area is 352 Å². The third-order valence-electron chi connectivity index (χ3n) is 11.6. The van der Waals surface area contributed by atoms with Crippen LogP contribution in [-0.4, -0.2) is 24.2 Å². The molecule has 0 spiro atoms. The first kappa shape index (κ1) is 46.0. The molecular weight excluding hydrogens is 863 g/mol. The molecular formula is C50H68HfSi3. The van der Waals surface area contributed by atoms with Crippen molar-refractivity contribution in [3.05, 3.63) is 124 Å². The predicted molar refractivity (Wildman–Crippen MR) is 252 cm³/mol. The maximum atomic E-state index is 2.66. The van der Waals surface area contributed by atoms with E-state index in [2.05, 4.69) is 162 Å². The van der Waals surface area contributed by atoms with Crippen molar-refractivity contribution in [1.29, 1.82) is 0 Å². The smallest absolute Gasteiger partial charge is 0.358 e. The average Bonchev–Trinajstić information content (AvgIpc) is 3.76. The minimum absolute atomic E-state index is 0. The van der Waals surface area contributed by atoms with Gasteiger partial charge in [0, 0.05) is 0 Å². The van der Waals surface area contributed by atoms with E-state index in [1.54, 1.807) is 10.4 Å². The van der Waals surface area contributed by atoms with Crippen LogP contribution in [0.15, 0.2) is 109 Å². The Balaban J connectivity index is 0.00000261. The summed E-state index contributed by atoms with van der Waals surface area (Å²) in [6, 6.07) is 46.4. The number of unbranched alkanes of at least 4 members (excludes halogenated alkanes) is 6. The second-order valence-corrected chi connectivity index (χ2v) is 31.9. The predicted octanol–water partition coefficient (Wildman–Crippen LogP) is 13.5. The third kappa shape index (κ3) is 10.1. The van der Waals surface area contributed by atoms with Gasteiger partial charge in [-0.2, -0.15) is 12.1 Å². The molecule has 0 aliphatic rings. The van der Waals surface area contributed by atoms with Gasteiger partial charge in [-0.1, -0.05) is 199 Å². The Kier molecular flexibility index (Phi) is 16.8. The van der Waals surface area contributed by atoms with Crippen molar-refractivity contribution in [2.45, 2.75) is 117 Å². The molecule has 284 valence electrons. The molecule has 6 aromatic carbocycles. The van der Waals surface area contributed by atoms with E-state index >= 15 is 0 Å². The molecule has 0 N–H and O–H groups in total. The Morgan fingerprint density at radius 2 is 0.833 bits per heavy atom. The van der Waals surface area contributed by atoms with Crippen LogP contribution < -0.4 is 20.7 Å². The summed E-state index contributed by atoms with van der Waals surface area (Å²) in [6.45, 7) is 19.3. The average molecular weight is 932 g/mol. The van der Waals surface area contributed by atoms with Gasteiger partial charge in [0.1, 0.15) is 0 Å². The van der Waals surface area contributed by atoms with E-state index in [-0.39, 0.29) is 40.7 Å². The topological polar surface area (TPSA) is 0 Å². The van der Waals surface area contributed by atoms with E-state index in [1.165, 1.54) is 118 Å². The summed E-state index contributed by atoms with van der Waals surface area (Å²) in [4.78, 5) is 0. The molecule has 6 aromatic rings. The second-order valence-electron chi connectivity index (χ2n) is 17.5. The third-order valence-corrected chi connectivity index (χ3v) is 21.0. The van der Waals surface area contributed by atoms with Crippen LogP contribution in [0.5, 0.6) is 0 Å². The molecule has 0 bridgehead atoms. The van der Waals surface area contributed by atoms with Gasteiger partial charge in [0.05, 0.1) is 24.2 Å². The van der Waals surface area contributed by atoms with Crippen molar-refractivity contribution in [2.24, 2.45) is 0 Å². The van der Waals surface area contributed by atoms with Gasteiger partial charge in [0.15, 0.2) is 0 Å². The normalized spacial score (nSPS) is 12.0. The Bertz CT molecular complexity index is 1880. The quantitative estimate of drug-likeness (QED) is 0.0515. The minimum atomic E-state index is -2.12. The molecule has 0 unspecified atom stereocenters. The summed E-state index contributed by atoms with van der Waals surface area (Å²) < 4.78 is 0. The van der Waals surface area contributed by atoms with E-state index in [4.69, 9.17) is 0 Å². The molecule has 4 heteroatoms. The van der Waals surface area contributed by atoms with Crippen LogP contribution in [0.25, 0.3) is 43.8 Å². The minimum Gasteiger partial charge on any atom is -0.358 e. The zero-order chi connectivity index (χ0) is 36.2. The summed E-state index contributed by atoms with van der Waals surface area (Å²) >= 11 is 0. The maximum Gasteiger partial charge on any atom is 4.00 e. The van der Waals surface area contributed by atoms with Gasteiger partial charge in [-0.25, -0.2) is 0 Å². The van der Waals surface area contributed by atoms with Crippen molar-refractivity contribution in [1.82, 2.24) is 0 Å². The molecule has 0 amide bonds. The molecule has 0 fully saturated rings. The van der Waals surface area contributed by atoms with Gasteiger partial charge < -0.3 is 14.9 Å². The monoisotopic (exact) mass is 932 g/mol. The molecule has 0 aliphatic heterocycles. The van der Waals surface area contributed by atoms with E-state index < -0.39 is 24.2 Å². The zero-order valence-electron chi connectivity index (χ0n) is 35.5. The zero-order valence-corrected chi connectivity index (χ0v) is 42.1. The SMILES string of the molecule is CCCCCC[Si](CCCCCC)(c1cc2c(-c3ccc([Si](C)(C)C)cc3)cccc2[cH-]1)c1cc2c(-c3ccc([Si](C)(C)C)cc3)cccc2[cH-]1.[CH3-].[CH3-].[Hf+4]. The van der Waals surface area contributed by atoms with Crippen LogP contribution in [0.1, 0.15) is 65.2 Å². The fraction of sp³-hybridized carbons (Fsp3) is 0.360. The van der Waals surface area contributed by atoms with E-state index in [1.807, 2.05) is 0 Å². The summed E-state index contributed by atoms with van der Waals surface area (Å²) in [7, 11) is -4.82. The number of hydrogen-bond acceptors (Lipinski definition) is 0. The van der Waals surface area contributed by atoms with E-state index in [0.29, 0.717) is 0 Å². The van der Waals surface area contributed by atoms with Crippen molar-refractivity contribution in [3.8, 4) is 22.3 Å². The number of benzene rings is 4. The molecule has 6 rings (SSSR count). The first-order valence-electron chi connectivity index (χ1n) is 20.1. The van der Waals surface area contributed by atoms with Gasteiger partial charge in [-0.05, 0) is 11.1 Å². The summed E-state index contributed by atoms with van der Waals surface area (Å²) in [5, 5.41) is 12.1.